The van der Waals surface area contributed by atoms with E-state index in [-0.39, 0.29) is 12.0 Å². The van der Waals surface area contributed by atoms with E-state index in [1.165, 1.54) is 25.7 Å². The number of carbonyl (C=O) groups is 1. The second-order valence-electron chi connectivity index (χ2n) is 4.56. The molecule has 0 aromatic carbocycles. The summed E-state index contributed by atoms with van der Waals surface area (Å²) in [6.45, 7) is 2.92. The maximum atomic E-state index is 11.4. The van der Waals surface area contributed by atoms with Gasteiger partial charge in [-0.1, -0.05) is 19.8 Å². The summed E-state index contributed by atoms with van der Waals surface area (Å²) in [5, 5.41) is 15.4. The van der Waals surface area contributed by atoms with Gasteiger partial charge in [-0.15, -0.1) is 0 Å². The Morgan fingerprint density at radius 1 is 1.44 bits per heavy atom. The Morgan fingerprint density at radius 2 is 2.12 bits per heavy atom. The second-order valence-corrected chi connectivity index (χ2v) is 4.56. The van der Waals surface area contributed by atoms with E-state index in [1.807, 2.05) is 6.92 Å². The molecule has 1 unspecified atom stereocenters. The van der Waals surface area contributed by atoms with Crippen LogP contribution in [0, 0.1) is 0 Å². The molecule has 1 atom stereocenters. The van der Waals surface area contributed by atoms with Gasteiger partial charge in [-0.3, -0.25) is 4.79 Å². The zero-order valence-electron chi connectivity index (χ0n) is 10.2. The van der Waals surface area contributed by atoms with Crippen molar-refractivity contribution in [2.45, 2.75) is 57.6 Å². The molecule has 0 aliphatic heterocycles. The summed E-state index contributed by atoms with van der Waals surface area (Å²) in [5.74, 6) is 0.0372. The first-order valence-corrected chi connectivity index (χ1v) is 6.40. The largest absolute Gasteiger partial charge is 0.393 e. The quantitative estimate of drug-likeness (QED) is 0.604. The van der Waals surface area contributed by atoms with Crippen LogP contribution in [0.5, 0.6) is 0 Å². The van der Waals surface area contributed by atoms with Crippen molar-refractivity contribution in [3.05, 3.63) is 0 Å². The average molecular weight is 228 g/mol. The lowest BCUT2D eigenvalue weighted by atomic mass is 10.2. The van der Waals surface area contributed by atoms with Crippen LogP contribution in [-0.4, -0.2) is 36.2 Å². The fourth-order valence-corrected chi connectivity index (χ4v) is 2.01. The number of rotatable bonds is 7. The lowest BCUT2D eigenvalue weighted by Gasteiger charge is -2.12. The molecule has 3 N–H and O–H groups in total. The van der Waals surface area contributed by atoms with E-state index in [4.69, 9.17) is 0 Å². The molecule has 4 nitrogen and oxygen atoms in total. The highest BCUT2D eigenvalue weighted by atomic mass is 16.3. The first-order chi connectivity index (χ1) is 7.72. The van der Waals surface area contributed by atoms with E-state index in [9.17, 15) is 9.90 Å². The van der Waals surface area contributed by atoms with Gasteiger partial charge in [0.05, 0.1) is 12.6 Å². The standard InChI is InChI=1S/C12H24N2O2/c1-2-11(15)7-8-13-12(16)9-14-10-5-3-4-6-10/h10-11,14-15H,2-9H2,1H3,(H,13,16). The third-order valence-corrected chi connectivity index (χ3v) is 3.18. The Balaban J connectivity index is 1.97. The monoisotopic (exact) mass is 228 g/mol. The Kier molecular flexibility index (Phi) is 6.42. The van der Waals surface area contributed by atoms with E-state index in [1.54, 1.807) is 0 Å². The van der Waals surface area contributed by atoms with Crippen LogP contribution in [0.15, 0.2) is 0 Å². The van der Waals surface area contributed by atoms with Gasteiger partial charge in [-0.25, -0.2) is 0 Å². The van der Waals surface area contributed by atoms with Crippen LogP contribution < -0.4 is 10.6 Å². The van der Waals surface area contributed by atoms with Gasteiger partial charge in [0.15, 0.2) is 0 Å². The maximum absolute atomic E-state index is 11.4. The third-order valence-electron chi connectivity index (χ3n) is 3.18. The van der Waals surface area contributed by atoms with Crippen LogP contribution in [-0.2, 0) is 4.79 Å². The molecular weight excluding hydrogens is 204 g/mol. The van der Waals surface area contributed by atoms with E-state index >= 15 is 0 Å². The molecule has 0 heterocycles. The predicted octanol–water partition coefficient (Wildman–Crippen LogP) is 0.796. The number of aliphatic hydroxyl groups excluding tert-OH is 1. The summed E-state index contributed by atoms with van der Waals surface area (Å²) in [7, 11) is 0. The first-order valence-electron chi connectivity index (χ1n) is 6.40. The van der Waals surface area contributed by atoms with Crippen LogP contribution in [0.3, 0.4) is 0 Å². The topological polar surface area (TPSA) is 61.4 Å². The molecule has 1 aliphatic carbocycles. The van der Waals surface area contributed by atoms with Gasteiger partial charge in [0.2, 0.25) is 5.91 Å². The van der Waals surface area contributed by atoms with Crippen molar-refractivity contribution >= 4 is 5.91 Å². The molecule has 1 rings (SSSR count). The minimum Gasteiger partial charge on any atom is -0.393 e. The summed E-state index contributed by atoms with van der Waals surface area (Å²) in [5.41, 5.74) is 0. The number of aliphatic hydroxyl groups is 1. The summed E-state index contributed by atoms with van der Waals surface area (Å²) in [4.78, 5) is 11.4. The van der Waals surface area contributed by atoms with E-state index < -0.39 is 0 Å². The van der Waals surface area contributed by atoms with Gasteiger partial charge >= 0.3 is 0 Å². The molecule has 1 amide bonds. The second kappa shape index (κ2) is 7.63. The number of hydrogen-bond donors (Lipinski definition) is 3. The van der Waals surface area contributed by atoms with Crippen LogP contribution in [0.25, 0.3) is 0 Å². The predicted molar refractivity (Wildman–Crippen MR) is 64.2 cm³/mol. The molecule has 0 aromatic heterocycles. The molecule has 0 bridgehead atoms. The fraction of sp³-hybridized carbons (Fsp3) is 0.917. The van der Waals surface area contributed by atoms with Gasteiger partial charge in [-0.2, -0.15) is 0 Å². The Morgan fingerprint density at radius 3 is 2.75 bits per heavy atom. The third kappa shape index (κ3) is 5.47. The molecule has 16 heavy (non-hydrogen) atoms. The van der Waals surface area contributed by atoms with Crippen molar-refractivity contribution < 1.29 is 9.90 Å². The molecule has 0 saturated heterocycles. The molecule has 0 aromatic rings. The minimum absolute atomic E-state index is 0.0372. The van der Waals surface area contributed by atoms with Crippen LogP contribution >= 0.6 is 0 Å². The lowest BCUT2D eigenvalue weighted by molar-refractivity contribution is -0.120. The van der Waals surface area contributed by atoms with Crippen LogP contribution in [0.1, 0.15) is 45.4 Å². The van der Waals surface area contributed by atoms with Gasteiger partial charge in [0.1, 0.15) is 0 Å². The number of nitrogens with one attached hydrogen (secondary N) is 2. The Bertz CT molecular complexity index is 203. The molecule has 94 valence electrons. The molecule has 0 radical (unpaired) electrons. The van der Waals surface area contributed by atoms with Gasteiger partial charge in [0.25, 0.3) is 0 Å². The Labute approximate surface area is 97.8 Å². The summed E-state index contributed by atoms with van der Waals surface area (Å²) in [6.07, 6.45) is 6.05. The van der Waals surface area contributed by atoms with Crippen molar-refractivity contribution in [1.82, 2.24) is 10.6 Å². The SMILES string of the molecule is CCC(O)CCNC(=O)CNC1CCCC1. The van der Waals surface area contributed by atoms with Crippen molar-refractivity contribution in [2.75, 3.05) is 13.1 Å². The van der Waals surface area contributed by atoms with E-state index in [0.717, 1.165) is 6.42 Å². The molecule has 1 saturated carbocycles. The highest BCUT2D eigenvalue weighted by Gasteiger charge is 2.14. The number of carbonyl (C=O) groups excluding carboxylic acids is 1. The smallest absolute Gasteiger partial charge is 0.233 e. The Hall–Kier alpha value is -0.610. The highest BCUT2D eigenvalue weighted by molar-refractivity contribution is 5.77. The van der Waals surface area contributed by atoms with Gasteiger partial charge in [0, 0.05) is 12.6 Å². The molecule has 0 spiro atoms. The zero-order valence-corrected chi connectivity index (χ0v) is 10.2. The summed E-state index contributed by atoms with van der Waals surface area (Å²) < 4.78 is 0. The van der Waals surface area contributed by atoms with Crippen molar-refractivity contribution in [3.63, 3.8) is 0 Å². The normalized spacial score (nSPS) is 18.6. The lowest BCUT2D eigenvalue weighted by Crippen LogP contribution is -2.38. The number of amides is 1. The number of hydrogen-bond acceptors (Lipinski definition) is 3. The van der Waals surface area contributed by atoms with Crippen molar-refractivity contribution in [3.8, 4) is 0 Å². The summed E-state index contributed by atoms with van der Waals surface area (Å²) in [6, 6.07) is 0.534. The first kappa shape index (κ1) is 13.5. The average Bonchev–Trinajstić information content (AvgIpc) is 2.79. The van der Waals surface area contributed by atoms with Crippen molar-refractivity contribution in [1.29, 1.82) is 0 Å². The molecule has 1 aliphatic rings. The molecule has 1 fully saturated rings. The van der Waals surface area contributed by atoms with Gasteiger partial charge in [-0.05, 0) is 25.7 Å². The maximum Gasteiger partial charge on any atom is 0.233 e. The summed E-state index contributed by atoms with van der Waals surface area (Å²) >= 11 is 0. The highest BCUT2D eigenvalue weighted by Crippen LogP contribution is 2.17. The zero-order chi connectivity index (χ0) is 11.8. The van der Waals surface area contributed by atoms with Gasteiger partial charge < -0.3 is 15.7 Å². The van der Waals surface area contributed by atoms with E-state index in [0.29, 0.717) is 25.6 Å². The van der Waals surface area contributed by atoms with Crippen LogP contribution in [0.2, 0.25) is 0 Å². The fourth-order valence-electron chi connectivity index (χ4n) is 2.01. The minimum atomic E-state index is -0.289. The molecule has 4 heteroatoms. The van der Waals surface area contributed by atoms with Crippen LogP contribution in [0.4, 0.5) is 0 Å². The van der Waals surface area contributed by atoms with Crippen molar-refractivity contribution in [2.24, 2.45) is 0 Å². The molecular formula is C12H24N2O2. The van der Waals surface area contributed by atoms with E-state index in [2.05, 4.69) is 10.6 Å².